The highest BCUT2D eigenvalue weighted by Crippen LogP contribution is 2.25. The van der Waals surface area contributed by atoms with Crippen molar-refractivity contribution in [1.29, 1.82) is 0 Å². The van der Waals surface area contributed by atoms with Gasteiger partial charge in [0.1, 0.15) is 0 Å². The molecular formula is C16H18N2O. The van der Waals surface area contributed by atoms with E-state index in [9.17, 15) is 4.79 Å². The van der Waals surface area contributed by atoms with E-state index in [1.165, 1.54) is 0 Å². The van der Waals surface area contributed by atoms with Gasteiger partial charge in [-0.25, -0.2) is 0 Å². The Labute approximate surface area is 113 Å². The van der Waals surface area contributed by atoms with Crippen molar-refractivity contribution >= 4 is 17.3 Å². The Morgan fingerprint density at radius 3 is 2.37 bits per heavy atom. The van der Waals surface area contributed by atoms with Gasteiger partial charge in [-0.3, -0.25) is 4.79 Å². The topological polar surface area (TPSA) is 55.1 Å². The van der Waals surface area contributed by atoms with E-state index in [0.717, 1.165) is 5.56 Å². The third-order valence-electron chi connectivity index (χ3n) is 3.21. The molecular weight excluding hydrogens is 236 g/mol. The number of amides is 1. The van der Waals surface area contributed by atoms with Gasteiger partial charge >= 0.3 is 0 Å². The Bertz CT molecular complexity index is 576. The summed E-state index contributed by atoms with van der Waals surface area (Å²) in [6.45, 7) is 3.81. The number of nitrogens with one attached hydrogen (secondary N) is 1. The van der Waals surface area contributed by atoms with Crippen molar-refractivity contribution in [3.8, 4) is 0 Å². The van der Waals surface area contributed by atoms with Gasteiger partial charge in [-0.2, -0.15) is 0 Å². The SMILES string of the molecule is CC(C)(C(=O)Nc1cccc(N)c1)c1ccccc1. The summed E-state index contributed by atoms with van der Waals surface area (Å²) < 4.78 is 0. The Morgan fingerprint density at radius 1 is 1.05 bits per heavy atom. The molecule has 0 radical (unpaired) electrons. The average molecular weight is 254 g/mol. The molecule has 2 aromatic rings. The largest absolute Gasteiger partial charge is 0.399 e. The van der Waals surface area contributed by atoms with Crippen molar-refractivity contribution in [2.24, 2.45) is 0 Å². The fourth-order valence-electron chi connectivity index (χ4n) is 1.89. The summed E-state index contributed by atoms with van der Waals surface area (Å²) in [6, 6.07) is 16.9. The van der Waals surface area contributed by atoms with Crippen LogP contribution in [0.2, 0.25) is 0 Å². The highest BCUT2D eigenvalue weighted by atomic mass is 16.2. The molecule has 0 heterocycles. The number of anilines is 2. The van der Waals surface area contributed by atoms with E-state index in [-0.39, 0.29) is 5.91 Å². The van der Waals surface area contributed by atoms with Crippen LogP contribution in [0.3, 0.4) is 0 Å². The van der Waals surface area contributed by atoms with E-state index < -0.39 is 5.41 Å². The second-order valence-corrected chi connectivity index (χ2v) is 5.07. The average Bonchev–Trinajstić information content (AvgIpc) is 2.39. The molecule has 0 spiro atoms. The summed E-state index contributed by atoms with van der Waals surface area (Å²) in [5.41, 5.74) is 7.45. The fourth-order valence-corrected chi connectivity index (χ4v) is 1.89. The molecule has 0 aromatic heterocycles. The van der Waals surface area contributed by atoms with Gasteiger partial charge in [0, 0.05) is 11.4 Å². The molecule has 0 bridgehead atoms. The van der Waals surface area contributed by atoms with E-state index in [2.05, 4.69) is 5.32 Å². The molecule has 1 amide bonds. The fraction of sp³-hybridized carbons (Fsp3) is 0.188. The van der Waals surface area contributed by atoms with E-state index >= 15 is 0 Å². The van der Waals surface area contributed by atoms with Crippen molar-refractivity contribution in [1.82, 2.24) is 0 Å². The van der Waals surface area contributed by atoms with Gasteiger partial charge in [-0.05, 0) is 37.6 Å². The van der Waals surface area contributed by atoms with Crippen molar-refractivity contribution in [2.45, 2.75) is 19.3 Å². The quantitative estimate of drug-likeness (QED) is 0.826. The van der Waals surface area contributed by atoms with Crippen LogP contribution in [0.5, 0.6) is 0 Å². The van der Waals surface area contributed by atoms with Crippen LogP contribution >= 0.6 is 0 Å². The number of rotatable bonds is 3. The minimum absolute atomic E-state index is 0.0516. The highest BCUT2D eigenvalue weighted by Gasteiger charge is 2.29. The third kappa shape index (κ3) is 2.94. The Morgan fingerprint density at radius 2 is 1.74 bits per heavy atom. The predicted octanol–water partition coefficient (Wildman–Crippen LogP) is 3.19. The van der Waals surface area contributed by atoms with Gasteiger partial charge in [0.05, 0.1) is 5.41 Å². The van der Waals surface area contributed by atoms with Crippen LogP contribution in [0.1, 0.15) is 19.4 Å². The van der Waals surface area contributed by atoms with Gasteiger partial charge < -0.3 is 11.1 Å². The zero-order chi connectivity index (χ0) is 13.9. The van der Waals surface area contributed by atoms with Crippen LogP contribution in [-0.4, -0.2) is 5.91 Å². The van der Waals surface area contributed by atoms with Crippen molar-refractivity contribution < 1.29 is 4.79 Å². The molecule has 2 rings (SSSR count). The lowest BCUT2D eigenvalue weighted by molar-refractivity contribution is -0.120. The van der Waals surface area contributed by atoms with E-state index in [4.69, 9.17) is 5.73 Å². The van der Waals surface area contributed by atoms with Gasteiger partial charge in [-0.15, -0.1) is 0 Å². The molecule has 0 aliphatic heterocycles. The molecule has 0 aliphatic rings. The number of carbonyl (C=O) groups excluding carboxylic acids is 1. The summed E-state index contributed by atoms with van der Waals surface area (Å²) in [6.07, 6.45) is 0. The molecule has 98 valence electrons. The molecule has 0 unspecified atom stereocenters. The van der Waals surface area contributed by atoms with Crippen molar-refractivity contribution in [3.63, 3.8) is 0 Å². The maximum atomic E-state index is 12.4. The number of benzene rings is 2. The van der Waals surface area contributed by atoms with Gasteiger partial charge in [0.25, 0.3) is 0 Å². The second kappa shape index (κ2) is 5.14. The predicted molar refractivity (Wildman–Crippen MR) is 79.0 cm³/mol. The monoisotopic (exact) mass is 254 g/mol. The maximum absolute atomic E-state index is 12.4. The minimum Gasteiger partial charge on any atom is -0.399 e. The molecule has 3 nitrogen and oxygen atoms in total. The van der Waals surface area contributed by atoms with Gasteiger partial charge in [-0.1, -0.05) is 36.4 Å². The molecule has 0 fully saturated rings. The normalized spacial score (nSPS) is 11.1. The van der Waals surface area contributed by atoms with Crippen LogP contribution in [0.25, 0.3) is 0 Å². The summed E-state index contributed by atoms with van der Waals surface area (Å²) in [5.74, 6) is -0.0516. The molecule has 0 saturated carbocycles. The summed E-state index contributed by atoms with van der Waals surface area (Å²) >= 11 is 0. The second-order valence-electron chi connectivity index (χ2n) is 5.07. The Hall–Kier alpha value is -2.29. The third-order valence-corrected chi connectivity index (χ3v) is 3.21. The van der Waals surface area contributed by atoms with Crippen LogP contribution in [-0.2, 0) is 10.2 Å². The number of carbonyl (C=O) groups is 1. The Kier molecular flexibility index (Phi) is 3.56. The number of hydrogen-bond donors (Lipinski definition) is 2. The van der Waals surface area contributed by atoms with Crippen LogP contribution < -0.4 is 11.1 Å². The van der Waals surface area contributed by atoms with Crippen LogP contribution in [0.4, 0.5) is 11.4 Å². The van der Waals surface area contributed by atoms with Crippen molar-refractivity contribution in [3.05, 3.63) is 60.2 Å². The molecule has 0 atom stereocenters. The van der Waals surface area contributed by atoms with Gasteiger partial charge in [0.15, 0.2) is 0 Å². The molecule has 3 N–H and O–H groups in total. The first-order valence-electron chi connectivity index (χ1n) is 6.22. The summed E-state index contributed by atoms with van der Waals surface area (Å²) in [4.78, 5) is 12.4. The lowest BCUT2D eigenvalue weighted by atomic mass is 9.83. The zero-order valence-corrected chi connectivity index (χ0v) is 11.2. The maximum Gasteiger partial charge on any atom is 0.234 e. The first kappa shape index (κ1) is 13.1. The first-order chi connectivity index (χ1) is 9.00. The summed E-state index contributed by atoms with van der Waals surface area (Å²) in [7, 11) is 0. The molecule has 0 aliphatic carbocycles. The number of nitrogens with two attached hydrogens (primary N) is 1. The van der Waals surface area contributed by atoms with Crippen LogP contribution in [0.15, 0.2) is 54.6 Å². The molecule has 3 heteroatoms. The summed E-state index contributed by atoms with van der Waals surface area (Å²) in [5, 5.41) is 2.90. The molecule has 0 saturated heterocycles. The first-order valence-corrected chi connectivity index (χ1v) is 6.22. The molecule has 19 heavy (non-hydrogen) atoms. The lowest BCUT2D eigenvalue weighted by Gasteiger charge is -2.24. The zero-order valence-electron chi connectivity index (χ0n) is 11.2. The Balaban J connectivity index is 2.20. The molecule has 2 aromatic carbocycles. The van der Waals surface area contributed by atoms with Crippen LogP contribution in [0, 0.1) is 0 Å². The number of nitrogen functional groups attached to an aromatic ring is 1. The van der Waals surface area contributed by atoms with E-state index in [1.54, 1.807) is 12.1 Å². The standard InChI is InChI=1S/C16H18N2O/c1-16(2,12-7-4-3-5-8-12)15(19)18-14-10-6-9-13(17)11-14/h3-11H,17H2,1-2H3,(H,18,19). The highest BCUT2D eigenvalue weighted by molar-refractivity contribution is 5.98. The van der Waals surface area contributed by atoms with Gasteiger partial charge in [0.2, 0.25) is 5.91 Å². The van der Waals surface area contributed by atoms with E-state index in [1.807, 2.05) is 56.3 Å². The van der Waals surface area contributed by atoms with E-state index in [0.29, 0.717) is 11.4 Å². The lowest BCUT2D eigenvalue weighted by Crippen LogP contribution is -2.34. The minimum atomic E-state index is -0.591. The number of hydrogen-bond acceptors (Lipinski definition) is 2. The van der Waals surface area contributed by atoms with Crippen molar-refractivity contribution in [2.75, 3.05) is 11.1 Å². The smallest absolute Gasteiger partial charge is 0.234 e.